The topological polar surface area (TPSA) is 21.3 Å². The second kappa shape index (κ2) is 5.14. The van der Waals surface area contributed by atoms with E-state index in [2.05, 4.69) is 5.32 Å². The van der Waals surface area contributed by atoms with Crippen LogP contribution in [0, 0.1) is 5.82 Å². The van der Waals surface area contributed by atoms with E-state index >= 15 is 0 Å². The van der Waals surface area contributed by atoms with Gasteiger partial charge in [-0.3, -0.25) is 0 Å². The van der Waals surface area contributed by atoms with Crippen LogP contribution < -0.4 is 10.1 Å². The van der Waals surface area contributed by atoms with Gasteiger partial charge in [0.15, 0.2) is 0 Å². The number of nitrogens with one attached hydrogen (secondary N) is 1. The van der Waals surface area contributed by atoms with Crippen LogP contribution in [0.5, 0.6) is 5.75 Å². The average molecular weight is 263 g/mol. The highest BCUT2D eigenvalue weighted by atomic mass is 19.4. The summed E-state index contributed by atoms with van der Waals surface area (Å²) in [4.78, 5) is 0. The van der Waals surface area contributed by atoms with Crippen molar-refractivity contribution >= 4 is 0 Å². The molecule has 1 aliphatic heterocycles. The van der Waals surface area contributed by atoms with Gasteiger partial charge >= 0.3 is 6.18 Å². The Morgan fingerprint density at radius 2 is 2.06 bits per heavy atom. The summed E-state index contributed by atoms with van der Waals surface area (Å²) < 4.78 is 56.0. The van der Waals surface area contributed by atoms with Crippen molar-refractivity contribution in [2.45, 2.75) is 25.1 Å². The van der Waals surface area contributed by atoms with Gasteiger partial charge in [0.2, 0.25) is 0 Å². The molecule has 0 radical (unpaired) electrons. The van der Waals surface area contributed by atoms with Crippen molar-refractivity contribution in [2.75, 3.05) is 13.1 Å². The molecule has 18 heavy (non-hydrogen) atoms. The number of alkyl halides is 3. The summed E-state index contributed by atoms with van der Waals surface area (Å²) >= 11 is 0. The molecule has 0 amide bonds. The molecule has 1 saturated heterocycles. The van der Waals surface area contributed by atoms with Gasteiger partial charge in [-0.05, 0) is 37.6 Å². The Hall–Kier alpha value is -1.30. The summed E-state index contributed by atoms with van der Waals surface area (Å²) in [7, 11) is 0. The van der Waals surface area contributed by atoms with Crippen LogP contribution in [-0.4, -0.2) is 19.2 Å². The molecule has 1 N–H and O–H groups in total. The van der Waals surface area contributed by atoms with Crippen LogP contribution >= 0.6 is 0 Å². The first-order chi connectivity index (χ1) is 8.47. The third kappa shape index (κ3) is 3.13. The molecule has 2 rings (SSSR count). The van der Waals surface area contributed by atoms with Crippen LogP contribution in [0.4, 0.5) is 17.6 Å². The molecule has 0 bridgehead atoms. The molecule has 0 aliphatic carbocycles. The number of rotatable bonds is 2. The molecule has 1 atom stereocenters. The number of benzene rings is 1. The quantitative estimate of drug-likeness (QED) is 0.828. The lowest BCUT2D eigenvalue weighted by Crippen LogP contribution is -2.37. The minimum Gasteiger partial charge on any atom is -0.489 e. The summed E-state index contributed by atoms with van der Waals surface area (Å²) in [6.45, 7) is 1.48. The van der Waals surface area contributed by atoms with Gasteiger partial charge in [0, 0.05) is 6.54 Å². The largest absolute Gasteiger partial charge is 0.489 e. The van der Waals surface area contributed by atoms with Gasteiger partial charge in [-0.25, -0.2) is 4.39 Å². The zero-order valence-corrected chi connectivity index (χ0v) is 9.56. The van der Waals surface area contributed by atoms with E-state index in [1.54, 1.807) is 0 Å². The number of halogens is 4. The summed E-state index contributed by atoms with van der Waals surface area (Å²) in [5, 5.41) is 3.09. The molecule has 100 valence electrons. The molecule has 1 aromatic carbocycles. The third-order valence-corrected chi connectivity index (χ3v) is 2.80. The van der Waals surface area contributed by atoms with E-state index in [-0.39, 0.29) is 11.9 Å². The monoisotopic (exact) mass is 263 g/mol. The minimum atomic E-state index is -4.70. The summed E-state index contributed by atoms with van der Waals surface area (Å²) in [6, 6.07) is 2.72. The van der Waals surface area contributed by atoms with Gasteiger partial charge in [0.1, 0.15) is 17.7 Å². The lowest BCUT2D eigenvalue weighted by atomic mass is 10.1. The van der Waals surface area contributed by atoms with Crippen molar-refractivity contribution in [2.24, 2.45) is 0 Å². The predicted molar refractivity (Wildman–Crippen MR) is 57.9 cm³/mol. The lowest BCUT2D eigenvalue weighted by molar-refractivity contribution is -0.140. The van der Waals surface area contributed by atoms with Crippen LogP contribution in [-0.2, 0) is 6.18 Å². The fourth-order valence-corrected chi connectivity index (χ4v) is 1.91. The summed E-state index contributed by atoms with van der Waals surface area (Å²) in [5.74, 6) is -1.23. The minimum absolute atomic E-state index is 0.0532. The van der Waals surface area contributed by atoms with E-state index in [1.165, 1.54) is 6.07 Å². The van der Waals surface area contributed by atoms with E-state index in [0.717, 1.165) is 25.5 Å². The molecule has 0 spiro atoms. The molecule has 1 heterocycles. The fraction of sp³-hybridized carbons (Fsp3) is 0.500. The van der Waals surface area contributed by atoms with Gasteiger partial charge in [0.25, 0.3) is 0 Å². The zero-order valence-electron chi connectivity index (χ0n) is 9.56. The molecule has 0 saturated carbocycles. The van der Waals surface area contributed by atoms with E-state index in [1.807, 2.05) is 0 Å². The first-order valence-corrected chi connectivity index (χ1v) is 5.71. The van der Waals surface area contributed by atoms with E-state index in [9.17, 15) is 17.6 Å². The molecule has 1 aromatic rings. The van der Waals surface area contributed by atoms with Gasteiger partial charge in [0.05, 0.1) is 5.56 Å². The third-order valence-electron chi connectivity index (χ3n) is 2.80. The summed E-state index contributed by atoms with van der Waals surface area (Å²) in [6.07, 6.45) is -3.16. The zero-order chi connectivity index (χ0) is 13.2. The highest BCUT2D eigenvalue weighted by Gasteiger charge is 2.34. The number of hydrogen-bond donors (Lipinski definition) is 1. The SMILES string of the molecule is Fc1ccc(OC2CCCNC2)cc1C(F)(F)F. The Morgan fingerprint density at radius 3 is 2.67 bits per heavy atom. The van der Waals surface area contributed by atoms with Gasteiger partial charge < -0.3 is 10.1 Å². The standard InChI is InChI=1S/C12H13F4NO/c13-11-4-3-8(6-10(11)12(14,15)16)18-9-2-1-5-17-7-9/h3-4,6,9,17H,1-2,5,7H2. The highest BCUT2D eigenvalue weighted by molar-refractivity contribution is 5.31. The number of piperidine rings is 1. The first kappa shape index (κ1) is 13.1. The molecular weight excluding hydrogens is 250 g/mol. The Morgan fingerprint density at radius 1 is 1.28 bits per heavy atom. The van der Waals surface area contributed by atoms with Crippen molar-refractivity contribution in [1.29, 1.82) is 0 Å². The molecule has 1 aliphatic rings. The van der Waals surface area contributed by atoms with E-state index < -0.39 is 17.6 Å². The maximum atomic E-state index is 13.1. The Balaban J connectivity index is 2.14. The normalized spacial score (nSPS) is 20.8. The van der Waals surface area contributed by atoms with Gasteiger partial charge in [-0.2, -0.15) is 13.2 Å². The fourth-order valence-electron chi connectivity index (χ4n) is 1.91. The van der Waals surface area contributed by atoms with Crippen LogP contribution in [0.1, 0.15) is 18.4 Å². The molecule has 1 fully saturated rings. The molecule has 0 aromatic heterocycles. The van der Waals surface area contributed by atoms with Crippen molar-refractivity contribution in [3.05, 3.63) is 29.6 Å². The van der Waals surface area contributed by atoms with E-state index in [4.69, 9.17) is 4.74 Å². The number of hydrogen-bond acceptors (Lipinski definition) is 2. The first-order valence-electron chi connectivity index (χ1n) is 5.71. The molecule has 1 unspecified atom stereocenters. The lowest BCUT2D eigenvalue weighted by Gasteiger charge is -2.24. The maximum absolute atomic E-state index is 13.1. The average Bonchev–Trinajstić information content (AvgIpc) is 2.31. The van der Waals surface area contributed by atoms with Crippen molar-refractivity contribution in [3.8, 4) is 5.75 Å². The second-order valence-corrected chi connectivity index (χ2v) is 4.23. The van der Waals surface area contributed by atoms with E-state index in [0.29, 0.717) is 12.6 Å². The maximum Gasteiger partial charge on any atom is 0.419 e. The van der Waals surface area contributed by atoms with Crippen LogP contribution in [0.2, 0.25) is 0 Å². The van der Waals surface area contributed by atoms with Crippen LogP contribution in [0.15, 0.2) is 18.2 Å². The van der Waals surface area contributed by atoms with Crippen LogP contribution in [0.25, 0.3) is 0 Å². The number of ether oxygens (including phenoxy) is 1. The predicted octanol–water partition coefficient (Wildman–Crippen LogP) is 2.98. The van der Waals surface area contributed by atoms with Crippen molar-refractivity contribution < 1.29 is 22.3 Å². The Bertz CT molecular complexity index is 413. The Labute approximate surface area is 102 Å². The highest BCUT2D eigenvalue weighted by Crippen LogP contribution is 2.33. The second-order valence-electron chi connectivity index (χ2n) is 4.23. The molecule has 6 heteroatoms. The Kier molecular flexibility index (Phi) is 3.75. The van der Waals surface area contributed by atoms with Crippen molar-refractivity contribution in [3.63, 3.8) is 0 Å². The molecular formula is C12H13F4NO. The van der Waals surface area contributed by atoms with Gasteiger partial charge in [-0.15, -0.1) is 0 Å². The van der Waals surface area contributed by atoms with Crippen LogP contribution in [0.3, 0.4) is 0 Å². The smallest absolute Gasteiger partial charge is 0.419 e. The summed E-state index contributed by atoms with van der Waals surface area (Å²) in [5.41, 5.74) is -1.29. The molecule has 2 nitrogen and oxygen atoms in total. The van der Waals surface area contributed by atoms with Gasteiger partial charge in [-0.1, -0.05) is 0 Å². The van der Waals surface area contributed by atoms with Crippen molar-refractivity contribution in [1.82, 2.24) is 5.32 Å².